The summed E-state index contributed by atoms with van der Waals surface area (Å²) in [5, 5.41) is 3.29. The van der Waals surface area contributed by atoms with E-state index in [4.69, 9.17) is 9.47 Å². The van der Waals surface area contributed by atoms with Crippen LogP contribution in [0.5, 0.6) is 11.5 Å². The van der Waals surface area contributed by atoms with Gasteiger partial charge in [0.2, 0.25) is 0 Å². The minimum absolute atomic E-state index is 0. The maximum Gasteiger partial charge on any atom is 0.254 e. The molecule has 0 bridgehead atoms. The Hall–Kier alpha value is -1.72. The smallest absolute Gasteiger partial charge is 0.254 e. The van der Waals surface area contributed by atoms with Crippen LogP contribution in [0.2, 0.25) is 0 Å². The lowest BCUT2D eigenvalue weighted by atomic mass is 10.0. The Labute approximate surface area is 144 Å². The van der Waals surface area contributed by atoms with Gasteiger partial charge in [-0.05, 0) is 25.5 Å². The largest absolute Gasteiger partial charge is 0.493 e. The summed E-state index contributed by atoms with van der Waals surface area (Å²) in [7, 11) is 3.18. The molecule has 0 saturated carbocycles. The van der Waals surface area contributed by atoms with E-state index in [0.29, 0.717) is 30.0 Å². The molecule has 1 amide bonds. The third-order valence-electron chi connectivity index (χ3n) is 3.93. The van der Waals surface area contributed by atoms with E-state index in [1.165, 1.54) is 0 Å². The molecule has 5 nitrogen and oxygen atoms in total. The first-order valence-electron chi connectivity index (χ1n) is 7.49. The first-order valence-corrected chi connectivity index (χ1v) is 7.49. The van der Waals surface area contributed by atoms with Crippen LogP contribution in [0, 0.1) is 0 Å². The van der Waals surface area contributed by atoms with Crippen molar-refractivity contribution in [3.63, 3.8) is 0 Å². The highest BCUT2D eigenvalue weighted by atomic mass is 35.5. The number of hydrogen-bond acceptors (Lipinski definition) is 4. The summed E-state index contributed by atoms with van der Waals surface area (Å²) in [4.78, 5) is 14.7. The highest BCUT2D eigenvalue weighted by Gasteiger charge is 2.25. The van der Waals surface area contributed by atoms with Crippen molar-refractivity contribution in [3.05, 3.63) is 35.9 Å². The molecule has 1 aliphatic heterocycles. The number of ether oxygens (including phenoxy) is 2. The minimum atomic E-state index is 0. The number of allylic oxidation sites excluding steroid dienone is 1. The van der Waals surface area contributed by atoms with Crippen LogP contribution in [0.4, 0.5) is 0 Å². The number of amides is 1. The molecular weight excluding hydrogens is 316 g/mol. The Morgan fingerprint density at radius 3 is 2.74 bits per heavy atom. The molecule has 0 spiro atoms. The molecule has 2 rings (SSSR count). The Morgan fingerprint density at radius 1 is 1.43 bits per heavy atom. The number of nitrogens with zero attached hydrogens (tertiary/aromatic N) is 1. The lowest BCUT2D eigenvalue weighted by molar-refractivity contribution is 0.0655. The molecule has 1 aliphatic rings. The van der Waals surface area contributed by atoms with E-state index in [9.17, 15) is 4.79 Å². The maximum absolute atomic E-state index is 12.8. The lowest BCUT2D eigenvalue weighted by Crippen LogP contribution is -2.52. The number of benzene rings is 1. The molecule has 0 radical (unpaired) electrons. The van der Waals surface area contributed by atoms with Gasteiger partial charge in [0.15, 0.2) is 11.5 Å². The average molecular weight is 341 g/mol. The van der Waals surface area contributed by atoms with Gasteiger partial charge in [-0.15, -0.1) is 19.0 Å². The zero-order chi connectivity index (χ0) is 16.1. The van der Waals surface area contributed by atoms with E-state index in [-0.39, 0.29) is 24.4 Å². The van der Waals surface area contributed by atoms with Crippen LogP contribution in [-0.2, 0) is 6.42 Å². The lowest BCUT2D eigenvalue weighted by Gasteiger charge is -2.34. The van der Waals surface area contributed by atoms with E-state index in [1.807, 2.05) is 11.0 Å². The van der Waals surface area contributed by atoms with Gasteiger partial charge in [-0.25, -0.2) is 0 Å². The fourth-order valence-corrected chi connectivity index (χ4v) is 2.78. The second kappa shape index (κ2) is 8.79. The van der Waals surface area contributed by atoms with Crippen molar-refractivity contribution in [2.75, 3.05) is 33.9 Å². The number of carbonyl (C=O) groups is 1. The summed E-state index contributed by atoms with van der Waals surface area (Å²) < 4.78 is 10.8. The van der Waals surface area contributed by atoms with Gasteiger partial charge < -0.3 is 19.7 Å². The summed E-state index contributed by atoms with van der Waals surface area (Å²) in [6.45, 7) is 8.17. The standard InChI is InChI=1S/C17H24N2O3.ClH/c1-5-6-13-9-14(10-15(21-3)16(13)22-4)17(20)19-8-7-18-11-12(19)2;/h5,9-10,12,18H,1,6-8,11H2,2-4H3;1H/t12-;/m0./s1. The molecule has 1 aromatic rings. The molecule has 128 valence electrons. The van der Waals surface area contributed by atoms with E-state index >= 15 is 0 Å². The van der Waals surface area contributed by atoms with E-state index in [1.54, 1.807) is 26.4 Å². The number of nitrogens with one attached hydrogen (secondary N) is 1. The molecule has 6 heteroatoms. The first-order chi connectivity index (χ1) is 10.6. The molecular formula is C17H25ClN2O3. The van der Waals surface area contributed by atoms with Gasteiger partial charge in [-0.1, -0.05) is 6.08 Å². The third-order valence-corrected chi connectivity index (χ3v) is 3.93. The molecule has 1 aromatic carbocycles. The average Bonchev–Trinajstić information content (AvgIpc) is 2.54. The van der Waals surface area contributed by atoms with Crippen LogP contribution >= 0.6 is 12.4 Å². The van der Waals surface area contributed by atoms with Crippen LogP contribution in [0.1, 0.15) is 22.8 Å². The molecule has 1 heterocycles. The van der Waals surface area contributed by atoms with Crippen molar-refractivity contribution in [3.8, 4) is 11.5 Å². The quantitative estimate of drug-likeness (QED) is 0.836. The Kier molecular flexibility index (Phi) is 7.39. The number of piperazine rings is 1. The van der Waals surface area contributed by atoms with Gasteiger partial charge in [0.25, 0.3) is 5.91 Å². The Morgan fingerprint density at radius 2 is 2.17 bits per heavy atom. The van der Waals surface area contributed by atoms with Crippen molar-refractivity contribution in [1.82, 2.24) is 10.2 Å². The summed E-state index contributed by atoms with van der Waals surface area (Å²) >= 11 is 0. The van der Waals surface area contributed by atoms with E-state index < -0.39 is 0 Å². The topological polar surface area (TPSA) is 50.8 Å². The Bertz CT molecular complexity index is 563. The van der Waals surface area contributed by atoms with Crippen LogP contribution < -0.4 is 14.8 Å². The van der Waals surface area contributed by atoms with Crippen molar-refractivity contribution < 1.29 is 14.3 Å². The number of rotatable bonds is 5. The third kappa shape index (κ3) is 4.18. The van der Waals surface area contributed by atoms with Crippen molar-refractivity contribution in [2.45, 2.75) is 19.4 Å². The highest BCUT2D eigenvalue weighted by Crippen LogP contribution is 2.33. The fourth-order valence-electron chi connectivity index (χ4n) is 2.78. The zero-order valence-corrected chi connectivity index (χ0v) is 14.7. The monoisotopic (exact) mass is 340 g/mol. The predicted molar refractivity (Wildman–Crippen MR) is 94.1 cm³/mol. The predicted octanol–water partition coefficient (Wildman–Crippen LogP) is 2.29. The summed E-state index contributed by atoms with van der Waals surface area (Å²) in [6.07, 6.45) is 2.41. The molecule has 1 N–H and O–H groups in total. The number of methoxy groups -OCH3 is 2. The van der Waals surface area contributed by atoms with Crippen molar-refractivity contribution in [1.29, 1.82) is 0 Å². The van der Waals surface area contributed by atoms with Crippen molar-refractivity contribution >= 4 is 18.3 Å². The van der Waals surface area contributed by atoms with Crippen LogP contribution in [0.3, 0.4) is 0 Å². The molecule has 0 unspecified atom stereocenters. The molecule has 1 fully saturated rings. The van der Waals surface area contributed by atoms with Gasteiger partial charge in [0, 0.05) is 36.8 Å². The number of halogens is 1. The normalized spacial score (nSPS) is 17.2. The van der Waals surface area contributed by atoms with Crippen LogP contribution in [-0.4, -0.2) is 50.7 Å². The SMILES string of the molecule is C=CCc1cc(C(=O)N2CCNC[C@@H]2C)cc(OC)c1OC.Cl. The molecule has 0 aliphatic carbocycles. The minimum Gasteiger partial charge on any atom is -0.493 e. The molecule has 1 saturated heterocycles. The van der Waals surface area contributed by atoms with Gasteiger partial charge in [0.05, 0.1) is 14.2 Å². The Balaban J connectivity index is 0.00000264. The summed E-state index contributed by atoms with van der Waals surface area (Å²) in [5.41, 5.74) is 1.53. The first kappa shape index (κ1) is 19.3. The van der Waals surface area contributed by atoms with Crippen LogP contribution in [0.25, 0.3) is 0 Å². The number of hydrogen-bond donors (Lipinski definition) is 1. The highest BCUT2D eigenvalue weighted by molar-refractivity contribution is 5.95. The molecule has 23 heavy (non-hydrogen) atoms. The van der Waals surface area contributed by atoms with Gasteiger partial charge >= 0.3 is 0 Å². The van der Waals surface area contributed by atoms with E-state index in [2.05, 4.69) is 18.8 Å². The number of carbonyl (C=O) groups excluding carboxylic acids is 1. The van der Waals surface area contributed by atoms with E-state index in [0.717, 1.165) is 18.7 Å². The van der Waals surface area contributed by atoms with Gasteiger partial charge in [-0.3, -0.25) is 4.79 Å². The van der Waals surface area contributed by atoms with Crippen molar-refractivity contribution in [2.24, 2.45) is 0 Å². The maximum atomic E-state index is 12.8. The molecule has 1 atom stereocenters. The zero-order valence-electron chi connectivity index (χ0n) is 13.9. The molecule has 0 aromatic heterocycles. The second-order valence-electron chi connectivity index (χ2n) is 5.42. The van der Waals surface area contributed by atoms with Gasteiger partial charge in [-0.2, -0.15) is 0 Å². The van der Waals surface area contributed by atoms with Crippen LogP contribution in [0.15, 0.2) is 24.8 Å². The van der Waals surface area contributed by atoms with Gasteiger partial charge in [0.1, 0.15) is 0 Å². The fraction of sp³-hybridized carbons (Fsp3) is 0.471. The second-order valence-corrected chi connectivity index (χ2v) is 5.42. The summed E-state index contributed by atoms with van der Waals surface area (Å²) in [5.74, 6) is 1.26. The summed E-state index contributed by atoms with van der Waals surface area (Å²) in [6, 6.07) is 3.81.